The smallest absolute Gasteiger partial charge is 0.0894 e. The van der Waals surface area contributed by atoms with Crippen LogP contribution in [0.2, 0.25) is 0 Å². The lowest BCUT2D eigenvalue weighted by Gasteiger charge is -2.45. The number of H-pyrrole nitrogens is 1. The average molecular weight is 333 g/mol. The first-order valence-corrected chi connectivity index (χ1v) is 9.27. The normalized spacial score (nSPS) is 16.0. The van der Waals surface area contributed by atoms with Crippen LogP contribution in [0.15, 0.2) is 53.4 Å². The van der Waals surface area contributed by atoms with Crippen LogP contribution in [-0.2, 0) is 0 Å². The number of fused-ring (bicyclic) bond motifs is 1. The van der Waals surface area contributed by atoms with Crippen LogP contribution in [0.4, 0.5) is 5.69 Å². The van der Waals surface area contributed by atoms with Crippen molar-refractivity contribution >= 4 is 28.4 Å². The van der Waals surface area contributed by atoms with Gasteiger partial charge in [-0.15, -0.1) is 11.8 Å². The second-order valence-electron chi connectivity index (χ2n) is 6.68. The molecule has 0 aliphatic carbocycles. The first-order chi connectivity index (χ1) is 11.6. The molecule has 2 aromatic carbocycles. The van der Waals surface area contributed by atoms with Crippen molar-refractivity contribution in [1.29, 1.82) is 5.26 Å². The molecule has 0 saturated carbocycles. The van der Waals surface area contributed by atoms with Crippen LogP contribution >= 0.6 is 11.8 Å². The molecule has 0 spiro atoms. The molecule has 24 heavy (non-hydrogen) atoms. The molecule has 1 fully saturated rings. The summed E-state index contributed by atoms with van der Waals surface area (Å²) in [6.07, 6.45) is 2.10. The molecule has 1 aromatic heterocycles. The molecule has 0 radical (unpaired) electrons. The fourth-order valence-electron chi connectivity index (χ4n) is 3.39. The first-order valence-electron chi connectivity index (χ1n) is 8.04. The summed E-state index contributed by atoms with van der Waals surface area (Å²) in [4.78, 5) is 7.09. The summed E-state index contributed by atoms with van der Waals surface area (Å²) in [6.45, 7) is 3.60. The van der Waals surface area contributed by atoms with Gasteiger partial charge in [-0.2, -0.15) is 5.26 Å². The Bertz CT molecular complexity index is 912. The Morgan fingerprint density at radius 3 is 2.67 bits per heavy atom. The number of hydrogen-bond donors (Lipinski definition) is 1. The minimum atomic E-state index is -0.226. The standard InChI is InChI=1S/C20H19N3S/c1-20(11-21)12-23(13-20)19-8-7-15(24-2)10-16(19)18-9-14-5-3-4-6-17(14)22-18/h3-10,22H,12-13H2,1-2H3. The van der Waals surface area contributed by atoms with E-state index < -0.39 is 0 Å². The van der Waals surface area contributed by atoms with E-state index in [1.807, 2.05) is 6.92 Å². The van der Waals surface area contributed by atoms with Crippen molar-refractivity contribution in [1.82, 2.24) is 4.98 Å². The summed E-state index contributed by atoms with van der Waals surface area (Å²) in [6, 6.07) is 19.6. The fraction of sp³-hybridized carbons (Fsp3) is 0.250. The minimum absolute atomic E-state index is 0.226. The third-order valence-electron chi connectivity index (χ3n) is 4.71. The summed E-state index contributed by atoms with van der Waals surface area (Å²) >= 11 is 1.75. The number of nitrogens with zero attached hydrogens (tertiary/aromatic N) is 2. The molecule has 1 N–H and O–H groups in total. The van der Waals surface area contributed by atoms with E-state index in [1.165, 1.54) is 21.5 Å². The van der Waals surface area contributed by atoms with Gasteiger partial charge in [0.15, 0.2) is 0 Å². The Hall–Kier alpha value is -2.38. The van der Waals surface area contributed by atoms with Gasteiger partial charge in [0.2, 0.25) is 0 Å². The molecule has 0 amide bonds. The third-order valence-corrected chi connectivity index (χ3v) is 5.44. The quantitative estimate of drug-likeness (QED) is 0.693. The summed E-state index contributed by atoms with van der Waals surface area (Å²) in [5, 5.41) is 10.5. The van der Waals surface area contributed by atoms with Crippen molar-refractivity contribution in [3.63, 3.8) is 0 Å². The van der Waals surface area contributed by atoms with Crippen LogP contribution in [0.3, 0.4) is 0 Å². The number of benzene rings is 2. The van der Waals surface area contributed by atoms with Crippen molar-refractivity contribution in [2.75, 3.05) is 24.2 Å². The highest BCUT2D eigenvalue weighted by molar-refractivity contribution is 7.98. The van der Waals surface area contributed by atoms with Crippen LogP contribution in [0.1, 0.15) is 6.92 Å². The maximum atomic E-state index is 9.29. The second kappa shape index (κ2) is 5.61. The van der Waals surface area contributed by atoms with Gasteiger partial charge in [0.05, 0.1) is 11.5 Å². The van der Waals surface area contributed by atoms with E-state index in [9.17, 15) is 5.26 Å². The van der Waals surface area contributed by atoms with Gasteiger partial charge in [0, 0.05) is 45.8 Å². The van der Waals surface area contributed by atoms with Gasteiger partial charge in [-0.1, -0.05) is 18.2 Å². The van der Waals surface area contributed by atoms with Crippen LogP contribution in [0.25, 0.3) is 22.2 Å². The number of nitriles is 1. The fourth-order valence-corrected chi connectivity index (χ4v) is 3.83. The van der Waals surface area contributed by atoms with Crippen LogP contribution in [-0.4, -0.2) is 24.3 Å². The maximum absolute atomic E-state index is 9.29. The van der Waals surface area contributed by atoms with Gasteiger partial charge in [0.25, 0.3) is 0 Å². The van der Waals surface area contributed by atoms with E-state index in [1.54, 1.807) is 11.8 Å². The van der Waals surface area contributed by atoms with Gasteiger partial charge >= 0.3 is 0 Å². The van der Waals surface area contributed by atoms with Crippen molar-refractivity contribution in [2.24, 2.45) is 5.41 Å². The van der Waals surface area contributed by atoms with Crippen molar-refractivity contribution < 1.29 is 0 Å². The number of hydrogen-bond acceptors (Lipinski definition) is 3. The lowest BCUT2D eigenvalue weighted by Crippen LogP contribution is -2.54. The Labute approximate surface area is 146 Å². The molecular weight excluding hydrogens is 314 g/mol. The molecule has 120 valence electrons. The van der Waals surface area contributed by atoms with E-state index in [-0.39, 0.29) is 5.41 Å². The largest absolute Gasteiger partial charge is 0.368 e. The monoisotopic (exact) mass is 333 g/mol. The molecule has 0 bridgehead atoms. The lowest BCUT2D eigenvalue weighted by molar-refractivity contribution is 0.337. The Morgan fingerprint density at radius 1 is 1.17 bits per heavy atom. The number of rotatable bonds is 3. The van der Waals surface area contributed by atoms with E-state index >= 15 is 0 Å². The predicted octanol–water partition coefficient (Wildman–Crippen LogP) is 4.91. The zero-order chi connectivity index (χ0) is 16.7. The second-order valence-corrected chi connectivity index (χ2v) is 7.56. The molecule has 1 saturated heterocycles. The number of anilines is 1. The predicted molar refractivity (Wildman–Crippen MR) is 101 cm³/mol. The Balaban J connectivity index is 1.80. The maximum Gasteiger partial charge on any atom is 0.0894 e. The SMILES string of the molecule is CSc1ccc(N2CC(C)(C#N)C2)c(-c2cc3ccccc3[nH]2)c1. The number of aromatic amines is 1. The van der Waals surface area contributed by atoms with Gasteiger partial charge in [-0.3, -0.25) is 0 Å². The zero-order valence-electron chi connectivity index (χ0n) is 13.8. The number of thioether (sulfide) groups is 1. The highest BCUT2D eigenvalue weighted by atomic mass is 32.2. The van der Waals surface area contributed by atoms with Crippen LogP contribution in [0.5, 0.6) is 0 Å². The van der Waals surface area contributed by atoms with Crippen molar-refractivity contribution in [3.8, 4) is 17.3 Å². The van der Waals surface area contributed by atoms with Gasteiger partial charge in [-0.25, -0.2) is 0 Å². The van der Waals surface area contributed by atoms with Gasteiger partial charge in [-0.05, 0) is 43.5 Å². The number of aromatic nitrogens is 1. The molecule has 3 nitrogen and oxygen atoms in total. The highest BCUT2D eigenvalue weighted by Crippen LogP contribution is 2.41. The summed E-state index contributed by atoms with van der Waals surface area (Å²) < 4.78 is 0. The lowest BCUT2D eigenvalue weighted by atomic mass is 9.83. The first kappa shape index (κ1) is 15.2. The number of para-hydroxylation sites is 1. The molecule has 3 aromatic rings. The van der Waals surface area contributed by atoms with E-state index in [4.69, 9.17) is 0 Å². The molecule has 1 aliphatic rings. The number of nitrogens with one attached hydrogen (secondary N) is 1. The van der Waals surface area contributed by atoms with E-state index in [0.29, 0.717) is 0 Å². The topological polar surface area (TPSA) is 42.8 Å². The Kier molecular flexibility index (Phi) is 3.54. The van der Waals surface area contributed by atoms with E-state index in [0.717, 1.165) is 24.3 Å². The zero-order valence-corrected chi connectivity index (χ0v) is 14.7. The van der Waals surface area contributed by atoms with Gasteiger partial charge < -0.3 is 9.88 Å². The molecule has 0 unspecified atom stereocenters. The van der Waals surface area contributed by atoms with Crippen LogP contribution < -0.4 is 4.90 Å². The molecule has 0 atom stereocenters. The Morgan fingerprint density at radius 2 is 1.96 bits per heavy atom. The molecular formula is C20H19N3S. The average Bonchev–Trinajstić information content (AvgIpc) is 3.02. The summed E-state index contributed by atoms with van der Waals surface area (Å²) in [5.74, 6) is 0. The van der Waals surface area contributed by atoms with E-state index in [2.05, 4.69) is 70.7 Å². The molecule has 1 aliphatic heterocycles. The van der Waals surface area contributed by atoms with Crippen molar-refractivity contribution in [2.45, 2.75) is 11.8 Å². The highest BCUT2D eigenvalue weighted by Gasteiger charge is 2.39. The molecule has 2 heterocycles. The van der Waals surface area contributed by atoms with Gasteiger partial charge in [0.1, 0.15) is 0 Å². The van der Waals surface area contributed by atoms with Crippen molar-refractivity contribution in [3.05, 3.63) is 48.5 Å². The van der Waals surface area contributed by atoms with Crippen LogP contribution in [0, 0.1) is 16.7 Å². The summed E-state index contributed by atoms with van der Waals surface area (Å²) in [7, 11) is 0. The minimum Gasteiger partial charge on any atom is -0.368 e. The molecule has 4 rings (SSSR count). The summed E-state index contributed by atoms with van der Waals surface area (Å²) in [5.41, 5.74) is 4.46. The molecule has 4 heteroatoms. The third kappa shape index (κ3) is 2.46.